The molecule has 1 fully saturated rings. The Kier molecular flexibility index (Phi) is 2.47. The number of tetrazole rings is 1. The minimum absolute atomic E-state index is 0.206. The van der Waals surface area contributed by atoms with Crippen molar-refractivity contribution in [2.45, 2.75) is 30.9 Å². The van der Waals surface area contributed by atoms with Crippen molar-refractivity contribution in [3.63, 3.8) is 0 Å². The molecule has 0 aromatic carbocycles. The Labute approximate surface area is 121 Å². The van der Waals surface area contributed by atoms with Gasteiger partial charge in [0.2, 0.25) is 0 Å². The molecule has 2 aromatic heterocycles. The molecule has 0 radical (unpaired) electrons. The number of fused-ring (bicyclic) bond motifs is 5. The highest BCUT2D eigenvalue weighted by molar-refractivity contribution is 5.20. The van der Waals surface area contributed by atoms with Crippen molar-refractivity contribution in [3.8, 4) is 0 Å². The smallest absolute Gasteiger partial charge is 0.330 e. The second-order valence-corrected chi connectivity index (χ2v) is 5.42. The van der Waals surface area contributed by atoms with E-state index in [0.29, 0.717) is 5.56 Å². The number of ether oxygens (including phenoxy) is 1. The molecule has 2 aromatic rings. The van der Waals surface area contributed by atoms with Crippen LogP contribution in [0.3, 0.4) is 0 Å². The average Bonchev–Trinajstić information content (AvgIpc) is 3.12. The van der Waals surface area contributed by atoms with Crippen LogP contribution in [0.25, 0.3) is 0 Å². The standard InChI is InChI=1S/C11H12N6O5/c1-4-2-16(10(21)12-7(4)20)8-5-6(19)11(3-18,22-8)9-13-14-15-17(5)9/h2,5-6,8,18-19H,3H2,1H3,(H,12,20,21)/t5-,6?,8+,11-/m0/s1. The van der Waals surface area contributed by atoms with Gasteiger partial charge in [-0.1, -0.05) is 0 Å². The van der Waals surface area contributed by atoms with Gasteiger partial charge in [-0.25, -0.2) is 9.48 Å². The molecular formula is C11H12N6O5. The molecule has 0 amide bonds. The third kappa shape index (κ3) is 1.37. The highest BCUT2D eigenvalue weighted by atomic mass is 16.6. The van der Waals surface area contributed by atoms with Crippen LogP contribution in [0.5, 0.6) is 0 Å². The van der Waals surface area contributed by atoms with E-state index in [1.807, 2.05) is 0 Å². The summed E-state index contributed by atoms with van der Waals surface area (Å²) in [7, 11) is 0. The molecule has 0 spiro atoms. The van der Waals surface area contributed by atoms with Crippen LogP contribution in [0.2, 0.25) is 0 Å². The molecule has 1 saturated heterocycles. The number of nitrogens with one attached hydrogen (secondary N) is 1. The lowest BCUT2D eigenvalue weighted by Crippen LogP contribution is -2.41. The van der Waals surface area contributed by atoms with Crippen LogP contribution in [0.15, 0.2) is 15.8 Å². The van der Waals surface area contributed by atoms with E-state index in [9.17, 15) is 19.8 Å². The summed E-state index contributed by atoms with van der Waals surface area (Å²) in [6.07, 6.45) is -0.741. The number of rotatable bonds is 2. The first kappa shape index (κ1) is 13.3. The van der Waals surface area contributed by atoms with Gasteiger partial charge in [-0.05, 0) is 17.4 Å². The van der Waals surface area contributed by atoms with Crippen molar-refractivity contribution < 1.29 is 14.9 Å². The van der Waals surface area contributed by atoms with E-state index in [0.717, 1.165) is 4.57 Å². The lowest BCUT2D eigenvalue weighted by atomic mass is 9.99. The van der Waals surface area contributed by atoms with Crippen LogP contribution in [0.1, 0.15) is 23.7 Å². The highest BCUT2D eigenvalue weighted by Gasteiger charge is 2.66. The number of aromatic nitrogens is 6. The van der Waals surface area contributed by atoms with E-state index >= 15 is 0 Å². The lowest BCUT2D eigenvalue weighted by Gasteiger charge is -2.28. The van der Waals surface area contributed by atoms with Gasteiger partial charge in [-0.15, -0.1) is 5.10 Å². The van der Waals surface area contributed by atoms with Gasteiger partial charge >= 0.3 is 5.69 Å². The zero-order valence-electron chi connectivity index (χ0n) is 11.4. The molecule has 4 heterocycles. The molecule has 2 aliphatic rings. The van der Waals surface area contributed by atoms with Gasteiger partial charge in [0.25, 0.3) is 5.56 Å². The third-order valence-corrected chi connectivity index (χ3v) is 4.23. The molecule has 0 aliphatic carbocycles. The van der Waals surface area contributed by atoms with Crippen LogP contribution in [-0.4, -0.2) is 52.7 Å². The van der Waals surface area contributed by atoms with Gasteiger partial charge in [-0.2, -0.15) is 0 Å². The summed E-state index contributed by atoms with van der Waals surface area (Å²) in [4.78, 5) is 25.7. The molecule has 0 saturated carbocycles. The van der Waals surface area contributed by atoms with E-state index < -0.39 is 41.8 Å². The fourth-order valence-corrected chi connectivity index (χ4v) is 3.10. The van der Waals surface area contributed by atoms with Crippen LogP contribution in [-0.2, 0) is 10.3 Å². The number of hydrogen-bond donors (Lipinski definition) is 3. The minimum Gasteiger partial charge on any atom is -0.393 e. The van der Waals surface area contributed by atoms with Gasteiger partial charge in [0.15, 0.2) is 17.7 Å². The van der Waals surface area contributed by atoms with Gasteiger partial charge in [0.1, 0.15) is 12.1 Å². The van der Waals surface area contributed by atoms with E-state index in [2.05, 4.69) is 20.5 Å². The second-order valence-electron chi connectivity index (χ2n) is 5.42. The van der Waals surface area contributed by atoms with Crippen LogP contribution in [0.4, 0.5) is 0 Å². The van der Waals surface area contributed by atoms with Gasteiger partial charge < -0.3 is 14.9 Å². The van der Waals surface area contributed by atoms with Crippen molar-refractivity contribution in [1.82, 2.24) is 29.8 Å². The molecule has 22 heavy (non-hydrogen) atoms. The summed E-state index contributed by atoms with van der Waals surface area (Å²) in [5, 5.41) is 31.2. The van der Waals surface area contributed by atoms with Crippen molar-refractivity contribution in [3.05, 3.63) is 38.4 Å². The van der Waals surface area contributed by atoms with Crippen molar-refractivity contribution in [2.24, 2.45) is 0 Å². The van der Waals surface area contributed by atoms with Crippen molar-refractivity contribution in [1.29, 1.82) is 0 Å². The van der Waals surface area contributed by atoms with Crippen LogP contribution >= 0.6 is 0 Å². The number of aliphatic hydroxyl groups is 2. The normalized spacial score (nSPS) is 32.4. The molecule has 4 rings (SSSR count). The second kappa shape index (κ2) is 4.09. The van der Waals surface area contributed by atoms with Crippen LogP contribution < -0.4 is 11.2 Å². The summed E-state index contributed by atoms with van der Waals surface area (Å²) in [5.41, 5.74) is -2.34. The molecular weight excluding hydrogens is 296 g/mol. The Morgan fingerprint density at radius 3 is 3.00 bits per heavy atom. The first-order chi connectivity index (χ1) is 10.5. The SMILES string of the molecule is Cc1cn([C@@H]2O[C@]3(CO)c4nnnn4[C@H]2C3O)c(=O)[nH]c1=O. The fourth-order valence-electron chi connectivity index (χ4n) is 3.10. The van der Waals surface area contributed by atoms with Gasteiger partial charge in [0.05, 0.1) is 6.61 Å². The lowest BCUT2D eigenvalue weighted by molar-refractivity contribution is -0.146. The number of hydrogen-bond acceptors (Lipinski definition) is 8. The van der Waals surface area contributed by atoms with E-state index in [-0.39, 0.29) is 5.82 Å². The van der Waals surface area contributed by atoms with Gasteiger partial charge in [-0.3, -0.25) is 14.3 Å². The molecule has 11 heteroatoms. The molecule has 11 nitrogen and oxygen atoms in total. The molecule has 4 atom stereocenters. The first-order valence-corrected chi connectivity index (χ1v) is 6.57. The average molecular weight is 308 g/mol. The Balaban J connectivity index is 1.90. The first-order valence-electron chi connectivity index (χ1n) is 6.57. The number of aliphatic hydroxyl groups excluding tert-OH is 2. The van der Waals surface area contributed by atoms with E-state index in [4.69, 9.17) is 4.74 Å². The van der Waals surface area contributed by atoms with Crippen molar-refractivity contribution in [2.75, 3.05) is 6.61 Å². The molecule has 1 unspecified atom stereocenters. The third-order valence-electron chi connectivity index (χ3n) is 4.23. The summed E-state index contributed by atoms with van der Waals surface area (Å²) in [6.45, 7) is 1.00. The zero-order chi connectivity index (χ0) is 15.6. The molecule has 2 bridgehead atoms. The summed E-state index contributed by atoms with van der Waals surface area (Å²) in [6, 6.07) is -0.778. The summed E-state index contributed by atoms with van der Waals surface area (Å²) < 4.78 is 8.23. The number of H-pyrrole nitrogens is 1. The van der Waals surface area contributed by atoms with Crippen LogP contribution in [0, 0.1) is 6.92 Å². The van der Waals surface area contributed by atoms with Crippen molar-refractivity contribution >= 4 is 0 Å². The zero-order valence-corrected chi connectivity index (χ0v) is 11.4. The Bertz CT molecular complexity index is 870. The number of aromatic amines is 1. The van der Waals surface area contributed by atoms with E-state index in [1.165, 1.54) is 10.9 Å². The predicted octanol–water partition coefficient (Wildman–Crippen LogP) is -2.84. The maximum atomic E-state index is 12.0. The van der Waals surface area contributed by atoms with Gasteiger partial charge in [0, 0.05) is 11.8 Å². The molecule has 2 aliphatic heterocycles. The molecule has 116 valence electrons. The Morgan fingerprint density at radius 1 is 1.50 bits per heavy atom. The quantitative estimate of drug-likeness (QED) is 0.537. The number of nitrogens with zero attached hydrogens (tertiary/aromatic N) is 5. The monoisotopic (exact) mass is 308 g/mol. The maximum absolute atomic E-state index is 12.0. The largest absolute Gasteiger partial charge is 0.393 e. The fraction of sp³-hybridized carbons (Fsp3) is 0.545. The number of aryl methyl sites for hydroxylation is 1. The minimum atomic E-state index is -1.48. The Morgan fingerprint density at radius 2 is 2.27 bits per heavy atom. The summed E-state index contributed by atoms with van der Waals surface area (Å²) >= 11 is 0. The maximum Gasteiger partial charge on any atom is 0.330 e. The molecule has 3 N–H and O–H groups in total. The highest BCUT2D eigenvalue weighted by Crippen LogP contribution is 2.54. The summed E-state index contributed by atoms with van der Waals surface area (Å²) in [5.74, 6) is 0.206. The predicted molar refractivity (Wildman–Crippen MR) is 67.8 cm³/mol. The topological polar surface area (TPSA) is 148 Å². The van der Waals surface area contributed by atoms with E-state index in [1.54, 1.807) is 6.92 Å². The Hall–Kier alpha value is -2.37.